The summed E-state index contributed by atoms with van der Waals surface area (Å²) in [5, 5.41) is 10.7. The van der Waals surface area contributed by atoms with E-state index in [-0.39, 0.29) is 11.5 Å². The van der Waals surface area contributed by atoms with Crippen molar-refractivity contribution in [2.45, 2.75) is 20.3 Å². The standard InChI is InChI=1S/C18H14Br2O3/c1-3-14-15(11-5-4-6-12(19)18(11)23-14)17(22)10-7-9(2)16(21)13(20)8-10/h4-8,21H,3H2,1-2H3. The molecule has 23 heavy (non-hydrogen) atoms. The fourth-order valence-electron chi connectivity index (χ4n) is 2.64. The Labute approximate surface area is 150 Å². The van der Waals surface area contributed by atoms with Crippen LogP contribution in [0.15, 0.2) is 43.7 Å². The van der Waals surface area contributed by atoms with E-state index in [0.29, 0.717) is 38.9 Å². The van der Waals surface area contributed by atoms with Crippen LogP contribution in [0.2, 0.25) is 0 Å². The second kappa shape index (κ2) is 6.13. The Balaban J connectivity index is 2.24. The summed E-state index contributed by atoms with van der Waals surface area (Å²) >= 11 is 6.76. The summed E-state index contributed by atoms with van der Waals surface area (Å²) < 4.78 is 7.21. The highest BCUT2D eigenvalue weighted by molar-refractivity contribution is 9.11. The number of benzene rings is 2. The Kier molecular flexibility index (Phi) is 4.34. The van der Waals surface area contributed by atoms with Gasteiger partial charge in [-0.3, -0.25) is 4.79 Å². The lowest BCUT2D eigenvalue weighted by Gasteiger charge is -2.07. The van der Waals surface area contributed by atoms with Crippen molar-refractivity contribution in [3.63, 3.8) is 0 Å². The average molecular weight is 438 g/mol. The summed E-state index contributed by atoms with van der Waals surface area (Å²) in [7, 11) is 0. The molecule has 0 bridgehead atoms. The van der Waals surface area contributed by atoms with Crippen molar-refractivity contribution in [1.82, 2.24) is 0 Å². The molecule has 0 unspecified atom stereocenters. The van der Waals surface area contributed by atoms with E-state index in [0.717, 1.165) is 9.86 Å². The van der Waals surface area contributed by atoms with E-state index in [4.69, 9.17) is 4.42 Å². The lowest BCUT2D eigenvalue weighted by atomic mass is 9.98. The molecule has 0 spiro atoms. The van der Waals surface area contributed by atoms with Crippen molar-refractivity contribution in [2.75, 3.05) is 0 Å². The lowest BCUT2D eigenvalue weighted by molar-refractivity contribution is 0.103. The molecule has 2 aromatic carbocycles. The minimum atomic E-state index is -0.109. The number of ketones is 1. The normalized spacial score (nSPS) is 11.1. The Bertz CT molecular complexity index is 902. The average Bonchev–Trinajstić information content (AvgIpc) is 2.91. The monoisotopic (exact) mass is 436 g/mol. The number of halogens is 2. The predicted octanol–water partition coefficient (Wildman–Crippen LogP) is 5.77. The molecule has 3 nitrogen and oxygen atoms in total. The number of hydrogen-bond acceptors (Lipinski definition) is 3. The first-order valence-corrected chi connectivity index (χ1v) is 8.76. The van der Waals surface area contributed by atoms with Crippen LogP contribution >= 0.6 is 31.9 Å². The third-order valence-corrected chi connectivity index (χ3v) is 5.03. The molecule has 1 aromatic heterocycles. The van der Waals surface area contributed by atoms with Crippen LogP contribution in [0, 0.1) is 6.92 Å². The second-order valence-electron chi connectivity index (χ2n) is 5.32. The zero-order valence-corrected chi connectivity index (χ0v) is 15.8. The number of hydrogen-bond donors (Lipinski definition) is 1. The molecule has 5 heteroatoms. The molecule has 1 N–H and O–H groups in total. The summed E-state index contributed by atoms with van der Waals surface area (Å²) in [6, 6.07) is 8.99. The van der Waals surface area contributed by atoms with Gasteiger partial charge in [0.05, 0.1) is 14.5 Å². The molecule has 0 saturated carbocycles. The Morgan fingerprint density at radius 3 is 2.61 bits per heavy atom. The largest absolute Gasteiger partial charge is 0.506 e. The SMILES string of the molecule is CCc1oc2c(Br)cccc2c1C(=O)c1cc(C)c(O)c(Br)c1. The quantitative estimate of drug-likeness (QED) is 0.529. The molecule has 0 aliphatic carbocycles. The molecule has 3 rings (SSSR count). The van der Waals surface area contributed by atoms with Gasteiger partial charge in [0, 0.05) is 17.4 Å². The van der Waals surface area contributed by atoms with E-state index in [2.05, 4.69) is 31.9 Å². The molecule has 0 saturated heterocycles. The van der Waals surface area contributed by atoms with Crippen LogP contribution in [0.3, 0.4) is 0 Å². The van der Waals surface area contributed by atoms with Crippen LogP contribution in [-0.4, -0.2) is 10.9 Å². The topological polar surface area (TPSA) is 50.4 Å². The summed E-state index contributed by atoms with van der Waals surface area (Å²) in [5.41, 5.74) is 2.43. The number of phenolic OH excluding ortho intramolecular Hbond substituents is 1. The maximum Gasteiger partial charge on any atom is 0.197 e. The number of carbonyl (C=O) groups excluding carboxylic acids is 1. The Hall–Kier alpha value is -1.59. The van der Waals surface area contributed by atoms with Gasteiger partial charge in [0.1, 0.15) is 17.1 Å². The van der Waals surface area contributed by atoms with Crippen molar-refractivity contribution in [3.8, 4) is 5.75 Å². The molecule has 118 valence electrons. The number of carbonyl (C=O) groups is 1. The molecule has 0 radical (unpaired) electrons. The van der Waals surface area contributed by atoms with Crippen molar-refractivity contribution in [2.24, 2.45) is 0 Å². The van der Waals surface area contributed by atoms with Crippen LogP contribution in [-0.2, 0) is 6.42 Å². The third-order valence-electron chi connectivity index (χ3n) is 3.80. The molecule has 1 heterocycles. The maximum absolute atomic E-state index is 13.1. The van der Waals surface area contributed by atoms with Crippen molar-refractivity contribution in [1.29, 1.82) is 0 Å². The molecule has 0 aliphatic rings. The zero-order chi connectivity index (χ0) is 16.7. The first kappa shape index (κ1) is 16.3. The van der Waals surface area contributed by atoms with Crippen molar-refractivity contribution in [3.05, 3.63) is 61.7 Å². The maximum atomic E-state index is 13.1. The van der Waals surface area contributed by atoms with Gasteiger partial charge in [0.2, 0.25) is 0 Å². The van der Waals surface area contributed by atoms with E-state index in [1.165, 1.54) is 0 Å². The Morgan fingerprint density at radius 1 is 1.22 bits per heavy atom. The van der Waals surface area contributed by atoms with E-state index in [1.54, 1.807) is 19.1 Å². The Morgan fingerprint density at radius 2 is 1.96 bits per heavy atom. The summed E-state index contributed by atoms with van der Waals surface area (Å²) in [6.07, 6.45) is 0.625. The lowest BCUT2D eigenvalue weighted by Crippen LogP contribution is -2.04. The first-order chi connectivity index (χ1) is 10.9. The highest BCUT2D eigenvalue weighted by Gasteiger charge is 2.23. The van der Waals surface area contributed by atoms with E-state index in [9.17, 15) is 9.90 Å². The van der Waals surface area contributed by atoms with E-state index in [1.807, 2.05) is 25.1 Å². The number of rotatable bonds is 3. The fourth-order valence-corrected chi connectivity index (χ4v) is 3.65. The molecule has 0 amide bonds. The van der Waals surface area contributed by atoms with Gasteiger partial charge in [0.15, 0.2) is 5.78 Å². The van der Waals surface area contributed by atoms with E-state index >= 15 is 0 Å². The smallest absolute Gasteiger partial charge is 0.197 e. The first-order valence-electron chi connectivity index (χ1n) is 7.17. The zero-order valence-electron chi connectivity index (χ0n) is 12.6. The fraction of sp³-hybridized carbons (Fsp3) is 0.167. The highest BCUT2D eigenvalue weighted by atomic mass is 79.9. The molecular formula is C18H14Br2O3. The van der Waals surface area contributed by atoms with Gasteiger partial charge in [-0.05, 0) is 62.5 Å². The van der Waals surface area contributed by atoms with Crippen LogP contribution in [0.25, 0.3) is 11.0 Å². The van der Waals surface area contributed by atoms with Crippen LogP contribution in [0.5, 0.6) is 5.75 Å². The molecule has 0 atom stereocenters. The van der Waals surface area contributed by atoms with Gasteiger partial charge in [-0.15, -0.1) is 0 Å². The number of aryl methyl sites for hydroxylation is 2. The second-order valence-corrected chi connectivity index (χ2v) is 7.03. The number of fused-ring (bicyclic) bond motifs is 1. The van der Waals surface area contributed by atoms with Crippen molar-refractivity contribution < 1.29 is 14.3 Å². The summed E-state index contributed by atoms with van der Waals surface area (Å²) in [5.74, 6) is 0.707. The van der Waals surface area contributed by atoms with Gasteiger partial charge < -0.3 is 9.52 Å². The molecular weight excluding hydrogens is 424 g/mol. The van der Waals surface area contributed by atoms with Gasteiger partial charge in [0.25, 0.3) is 0 Å². The number of para-hydroxylation sites is 1. The molecule has 0 aliphatic heterocycles. The van der Waals surface area contributed by atoms with Crippen LogP contribution < -0.4 is 0 Å². The van der Waals surface area contributed by atoms with Gasteiger partial charge in [-0.1, -0.05) is 19.1 Å². The minimum absolute atomic E-state index is 0.109. The van der Waals surface area contributed by atoms with Gasteiger partial charge in [-0.2, -0.15) is 0 Å². The van der Waals surface area contributed by atoms with Gasteiger partial charge in [-0.25, -0.2) is 0 Å². The molecule has 0 fully saturated rings. The highest BCUT2D eigenvalue weighted by Crippen LogP contribution is 2.35. The van der Waals surface area contributed by atoms with Crippen LogP contribution in [0.1, 0.15) is 34.2 Å². The van der Waals surface area contributed by atoms with Gasteiger partial charge >= 0.3 is 0 Å². The summed E-state index contributed by atoms with van der Waals surface area (Å²) in [6.45, 7) is 3.72. The molecule has 3 aromatic rings. The van der Waals surface area contributed by atoms with E-state index < -0.39 is 0 Å². The number of furan rings is 1. The third kappa shape index (κ3) is 2.72. The van der Waals surface area contributed by atoms with Crippen molar-refractivity contribution >= 4 is 48.6 Å². The minimum Gasteiger partial charge on any atom is -0.506 e. The predicted molar refractivity (Wildman–Crippen MR) is 97.3 cm³/mol. The number of aromatic hydroxyl groups is 1. The van der Waals surface area contributed by atoms with Crippen LogP contribution in [0.4, 0.5) is 0 Å². The summed E-state index contributed by atoms with van der Waals surface area (Å²) in [4.78, 5) is 13.1. The number of phenols is 1.